The van der Waals surface area contributed by atoms with Crippen molar-refractivity contribution in [2.24, 2.45) is 7.05 Å². The topological polar surface area (TPSA) is 50.7 Å². The highest BCUT2D eigenvalue weighted by Gasteiger charge is 2.04. The molecule has 0 amide bonds. The number of H-pyrrole nitrogens is 1. The maximum Gasteiger partial charge on any atom is 0.343 e. The van der Waals surface area contributed by atoms with Crippen molar-refractivity contribution in [3.63, 3.8) is 0 Å². The summed E-state index contributed by atoms with van der Waals surface area (Å²) in [7, 11) is 1.70. The Hall–Kier alpha value is -1.01. The van der Waals surface area contributed by atoms with Gasteiger partial charge in [0.05, 0.1) is 0 Å². The molecule has 84 valence electrons. The molecule has 0 aliphatic heterocycles. The number of thioether (sulfide) groups is 1. The van der Waals surface area contributed by atoms with Crippen LogP contribution in [0.3, 0.4) is 0 Å². The maximum absolute atomic E-state index is 11.1. The molecular formula is C10H10BrN3OS. The Labute approximate surface area is 105 Å². The molecule has 0 unspecified atom stereocenters. The van der Waals surface area contributed by atoms with Gasteiger partial charge in [0.1, 0.15) is 0 Å². The van der Waals surface area contributed by atoms with Crippen molar-refractivity contribution in [1.29, 1.82) is 0 Å². The van der Waals surface area contributed by atoms with Crippen LogP contribution in [0.5, 0.6) is 0 Å². The minimum Gasteiger partial charge on any atom is -0.273 e. The SMILES string of the molecule is Cn1c(SCc2ccc(Br)cc2)n[nH]c1=O. The molecule has 0 spiro atoms. The van der Waals surface area contributed by atoms with Gasteiger partial charge >= 0.3 is 5.69 Å². The lowest BCUT2D eigenvalue weighted by Crippen LogP contribution is -2.12. The molecule has 0 aliphatic rings. The molecule has 1 aromatic carbocycles. The molecule has 1 aromatic heterocycles. The summed E-state index contributed by atoms with van der Waals surface area (Å²) in [6, 6.07) is 8.09. The van der Waals surface area contributed by atoms with E-state index in [9.17, 15) is 4.79 Å². The summed E-state index contributed by atoms with van der Waals surface area (Å²) >= 11 is 4.92. The van der Waals surface area contributed by atoms with Crippen molar-refractivity contribution in [2.75, 3.05) is 0 Å². The molecule has 0 saturated carbocycles. The summed E-state index contributed by atoms with van der Waals surface area (Å²) in [4.78, 5) is 11.1. The summed E-state index contributed by atoms with van der Waals surface area (Å²) in [5.74, 6) is 0.797. The lowest BCUT2D eigenvalue weighted by Gasteiger charge is -2.00. The summed E-state index contributed by atoms with van der Waals surface area (Å²) in [6.07, 6.45) is 0. The van der Waals surface area contributed by atoms with E-state index in [2.05, 4.69) is 26.1 Å². The number of aromatic nitrogens is 3. The van der Waals surface area contributed by atoms with Crippen LogP contribution in [0, 0.1) is 0 Å². The average molecular weight is 300 g/mol. The van der Waals surface area contributed by atoms with E-state index in [0.717, 1.165) is 10.2 Å². The Bertz CT molecular complexity index is 532. The Morgan fingerprint density at radius 3 is 2.69 bits per heavy atom. The van der Waals surface area contributed by atoms with Crippen molar-refractivity contribution in [1.82, 2.24) is 14.8 Å². The van der Waals surface area contributed by atoms with Gasteiger partial charge in [0.2, 0.25) is 0 Å². The highest BCUT2D eigenvalue weighted by atomic mass is 79.9. The smallest absolute Gasteiger partial charge is 0.273 e. The van der Waals surface area contributed by atoms with Gasteiger partial charge in [0, 0.05) is 17.3 Å². The van der Waals surface area contributed by atoms with Gasteiger partial charge in [-0.05, 0) is 17.7 Å². The zero-order valence-corrected chi connectivity index (χ0v) is 11.0. The van der Waals surface area contributed by atoms with Gasteiger partial charge in [-0.25, -0.2) is 9.89 Å². The second-order valence-electron chi connectivity index (χ2n) is 3.29. The number of hydrogen-bond donors (Lipinski definition) is 1. The zero-order chi connectivity index (χ0) is 11.5. The number of halogens is 1. The fraction of sp³-hybridized carbons (Fsp3) is 0.200. The first-order valence-corrected chi connectivity index (χ1v) is 6.43. The van der Waals surface area contributed by atoms with E-state index in [1.54, 1.807) is 7.05 Å². The maximum atomic E-state index is 11.1. The fourth-order valence-electron chi connectivity index (χ4n) is 1.19. The molecule has 4 nitrogen and oxygen atoms in total. The molecular weight excluding hydrogens is 290 g/mol. The summed E-state index contributed by atoms with van der Waals surface area (Å²) in [5.41, 5.74) is 1.02. The fourth-order valence-corrected chi connectivity index (χ4v) is 2.33. The number of benzene rings is 1. The van der Waals surface area contributed by atoms with Gasteiger partial charge in [-0.1, -0.05) is 39.8 Å². The predicted octanol–water partition coefficient (Wildman–Crippen LogP) is 2.16. The number of nitrogens with zero attached hydrogens (tertiary/aromatic N) is 2. The van der Waals surface area contributed by atoms with Crippen LogP contribution in [0.2, 0.25) is 0 Å². The first kappa shape index (κ1) is 11.5. The molecule has 0 radical (unpaired) electrons. The second-order valence-corrected chi connectivity index (χ2v) is 5.14. The van der Waals surface area contributed by atoms with Crippen molar-refractivity contribution in [3.8, 4) is 0 Å². The van der Waals surface area contributed by atoms with Crippen LogP contribution in [-0.2, 0) is 12.8 Å². The Kier molecular flexibility index (Phi) is 3.50. The third-order valence-electron chi connectivity index (χ3n) is 2.12. The molecule has 0 bridgehead atoms. The van der Waals surface area contributed by atoms with E-state index in [1.165, 1.54) is 21.9 Å². The number of aromatic amines is 1. The van der Waals surface area contributed by atoms with E-state index in [-0.39, 0.29) is 5.69 Å². The van der Waals surface area contributed by atoms with Crippen LogP contribution in [0.4, 0.5) is 0 Å². The molecule has 0 saturated heterocycles. The average Bonchev–Trinajstić information content (AvgIpc) is 2.60. The molecule has 0 atom stereocenters. The quantitative estimate of drug-likeness (QED) is 0.884. The normalized spacial score (nSPS) is 10.6. The lowest BCUT2D eigenvalue weighted by molar-refractivity contribution is 0.766. The molecule has 2 aromatic rings. The van der Waals surface area contributed by atoms with E-state index in [0.29, 0.717) is 5.16 Å². The molecule has 1 heterocycles. The Balaban J connectivity index is 2.05. The van der Waals surface area contributed by atoms with Crippen molar-refractivity contribution >= 4 is 27.7 Å². The van der Waals surface area contributed by atoms with Crippen LogP contribution in [0.15, 0.2) is 38.7 Å². The van der Waals surface area contributed by atoms with Gasteiger partial charge in [-0.3, -0.25) is 4.57 Å². The molecule has 6 heteroatoms. The monoisotopic (exact) mass is 299 g/mol. The minimum atomic E-state index is -0.182. The van der Waals surface area contributed by atoms with Gasteiger partial charge in [-0.15, -0.1) is 5.10 Å². The zero-order valence-electron chi connectivity index (χ0n) is 8.61. The molecule has 0 aliphatic carbocycles. The van der Waals surface area contributed by atoms with E-state index < -0.39 is 0 Å². The third-order valence-corrected chi connectivity index (χ3v) is 3.75. The first-order valence-electron chi connectivity index (χ1n) is 4.65. The van der Waals surface area contributed by atoms with Crippen LogP contribution < -0.4 is 5.69 Å². The highest BCUT2D eigenvalue weighted by Crippen LogP contribution is 2.20. The van der Waals surface area contributed by atoms with Crippen LogP contribution in [-0.4, -0.2) is 14.8 Å². The van der Waals surface area contributed by atoms with Crippen molar-refractivity contribution in [3.05, 3.63) is 44.8 Å². The van der Waals surface area contributed by atoms with Crippen LogP contribution >= 0.6 is 27.7 Å². The summed E-state index contributed by atoms with van der Waals surface area (Å²) in [5, 5.41) is 7.04. The van der Waals surface area contributed by atoms with Gasteiger partial charge in [0.25, 0.3) is 0 Å². The summed E-state index contributed by atoms with van der Waals surface area (Å²) < 4.78 is 2.57. The van der Waals surface area contributed by atoms with Gasteiger partial charge < -0.3 is 0 Å². The van der Waals surface area contributed by atoms with E-state index in [4.69, 9.17) is 0 Å². The number of rotatable bonds is 3. The van der Waals surface area contributed by atoms with Crippen molar-refractivity contribution < 1.29 is 0 Å². The lowest BCUT2D eigenvalue weighted by atomic mass is 10.2. The standard InChI is InChI=1S/C10H10BrN3OS/c1-14-9(15)12-13-10(14)16-6-7-2-4-8(11)5-3-7/h2-5H,6H2,1H3,(H,12,15). The van der Waals surface area contributed by atoms with Crippen LogP contribution in [0.25, 0.3) is 0 Å². The largest absolute Gasteiger partial charge is 0.343 e. The van der Waals surface area contributed by atoms with E-state index >= 15 is 0 Å². The minimum absolute atomic E-state index is 0.182. The summed E-state index contributed by atoms with van der Waals surface area (Å²) in [6.45, 7) is 0. The van der Waals surface area contributed by atoms with E-state index in [1.807, 2.05) is 24.3 Å². The number of hydrogen-bond acceptors (Lipinski definition) is 3. The second kappa shape index (κ2) is 4.88. The molecule has 16 heavy (non-hydrogen) atoms. The molecule has 2 rings (SSSR count). The van der Waals surface area contributed by atoms with Crippen molar-refractivity contribution in [2.45, 2.75) is 10.9 Å². The predicted molar refractivity (Wildman–Crippen MR) is 67.5 cm³/mol. The van der Waals surface area contributed by atoms with Crippen LogP contribution in [0.1, 0.15) is 5.56 Å². The van der Waals surface area contributed by atoms with Gasteiger partial charge in [0.15, 0.2) is 5.16 Å². The molecule has 1 N–H and O–H groups in total. The molecule has 0 fully saturated rings. The Morgan fingerprint density at radius 1 is 1.44 bits per heavy atom. The first-order chi connectivity index (χ1) is 7.66. The third kappa shape index (κ3) is 2.56. The Morgan fingerprint density at radius 2 is 2.12 bits per heavy atom. The van der Waals surface area contributed by atoms with Gasteiger partial charge in [-0.2, -0.15) is 0 Å². The number of nitrogens with one attached hydrogen (secondary N) is 1. The highest BCUT2D eigenvalue weighted by molar-refractivity contribution is 9.10.